The van der Waals surface area contributed by atoms with Crippen molar-refractivity contribution >= 4 is 0 Å². The normalized spacial score (nSPS) is 26.4. The van der Waals surface area contributed by atoms with Crippen molar-refractivity contribution in [2.45, 2.75) is 90.3 Å². The Labute approximate surface area is 245 Å². The van der Waals surface area contributed by atoms with Crippen LogP contribution in [0.2, 0.25) is 0 Å². The van der Waals surface area contributed by atoms with Gasteiger partial charge in [0.15, 0.2) is 23.0 Å². The van der Waals surface area contributed by atoms with Gasteiger partial charge in [0.1, 0.15) is 0 Å². The molecule has 2 saturated carbocycles. The highest BCUT2D eigenvalue weighted by atomic mass is 16.7. The molecular weight excluding hydrogens is 512 g/mol. The van der Waals surface area contributed by atoms with Gasteiger partial charge < -0.3 is 23.7 Å². The first-order valence-electron chi connectivity index (χ1n) is 15.7. The Balaban J connectivity index is 1.25. The first kappa shape index (κ1) is 28.2. The predicted octanol–water partition coefficient (Wildman–Crippen LogP) is 8.45. The zero-order valence-electron chi connectivity index (χ0n) is 24.9. The van der Waals surface area contributed by atoms with Crippen molar-refractivity contribution in [1.29, 1.82) is 0 Å². The van der Waals surface area contributed by atoms with Crippen LogP contribution in [0.5, 0.6) is 23.0 Å². The predicted molar refractivity (Wildman–Crippen MR) is 162 cm³/mol. The molecule has 5 nitrogen and oxygen atoms in total. The maximum Gasteiger partial charge on any atom is 0.231 e. The summed E-state index contributed by atoms with van der Waals surface area (Å²) < 4.78 is 30.0. The van der Waals surface area contributed by atoms with Crippen molar-refractivity contribution in [3.8, 4) is 23.0 Å². The fraction of sp³-hybridized carbons (Fsp3) is 0.556. The Bertz CT molecular complexity index is 1140. The van der Waals surface area contributed by atoms with E-state index in [-0.39, 0.29) is 12.2 Å². The molecule has 0 aromatic heterocycles. The smallest absolute Gasteiger partial charge is 0.231 e. The van der Waals surface area contributed by atoms with Crippen molar-refractivity contribution in [1.82, 2.24) is 0 Å². The van der Waals surface area contributed by atoms with Crippen LogP contribution in [0.15, 0.2) is 60.7 Å². The van der Waals surface area contributed by atoms with Gasteiger partial charge >= 0.3 is 0 Å². The molecule has 0 N–H and O–H groups in total. The van der Waals surface area contributed by atoms with E-state index in [1.807, 2.05) is 0 Å². The van der Waals surface area contributed by atoms with E-state index < -0.39 is 0 Å². The number of allylic oxidation sites excluding steroid dienone is 2. The van der Waals surface area contributed by atoms with Gasteiger partial charge in [-0.3, -0.25) is 0 Å². The number of hydrogen-bond acceptors (Lipinski definition) is 5. The fourth-order valence-electron chi connectivity index (χ4n) is 7.44. The van der Waals surface area contributed by atoms with E-state index in [9.17, 15) is 0 Å². The van der Waals surface area contributed by atoms with Gasteiger partial charge in [0.2, 0.25) is 13.6 Å². The van der Waals surface area contributed by atoms with Crippen LogP contribution < -0.4 is 18.9 Å². The summed E-state index contributed by atoms with van der Waals surface area (Å²) in [6.45, 7) is 13.5. The SMILES string of the molecule is C=C(C)C1CCC(C(Cc2ccc3c(c2)OCO3)OC(Cc2ccc3c(c2)OCO3)C2CCC(C(=C)C)CC2)CC1. The molecule has 2 aliphatic heterocycles. The van der Waals surface area contributed by atoms with Gasteiger partial charge in [-0.25, -0.2) is 0 Å². The zero-order chi connectivity index (χ0) is 28.3. The molecule has 0 saturated heterocycles. The number of rotatable bonds is 10. The van der Waals surface area contributed by atoms with Crippen LogP contribution in [-0.2, 0) is 17.6 Å². The molecule has 2 fully saturated rings. The number of ether oxygens (including phenoxy) is 5. The third-order valence-corrected chi connectivity index (χ3v) is 10.1. The minimum atomic E-state index is 0.152. The van der Waals surface area contributed by atoms with Crippen LogP contribution in [-0.4, -0.2) is 25.8 Å². The summed E-state index contributed by atoms with van der Waals surface area (Å²) in [4.78, 5) is 0. The second kappa shape index (κ2) is 12.5. The highest BCUT2D eigenvalue weighted by Gasteiger charge is 2.35. The zero-order valence-corrected chi connectivity index (χ0v) is 24.9. The molecule has 2 aromatic rings. The highest BCUT2D eigenvalue weighted by Crippen LogP contribution is 2.42. The molecule has 41 heavy (non-hydrogen) atoms. The second-order valence-corrected chi connectivity index (χ2v) is 12.9. The Hall–Kier alpha value is -2.92. The van der Waals surface area contributed by atoms with Crippen LogP contribution >= 0.6 is 0 Å². The summed E-state index contributed by atoms with van der Waals surface area (Å²) in [6, 6.07) is 12.8. The monoisotopic (exact) mass is 558 g/mol. The van der Waals surface area contributed by atoms with Crippen molar-refractivity contribution < 1.29 is 23.7 Å². The van der Waals surface area contributed by atoms with Crippen molar-refractivity contribution in [3.63, 3.8) is 0 Å². The Kier molecular flexibility index (Phi) is 8.62. The van der Waals surface area contributed by atoms with E-state index >= 15 is 0 Å². The average molecular weight is 559 g/mol. The van der Waals surface area contributed by atoms with Crippen LogP contribution in [0.4, 0.5) is 0 Å². The summed E-state index contributed by atoms with van der Waals surface area (Å²) in [5.74, 6) is 5.71. The molecule has 0 bridgehead atoms. The van der Waals surface area contributed by atoms with Crippen molar-refractivity contribution in [2.75, 3.05) is 13.6 Å². The quantitative estimate of drug-likeness (QED) is 0.274. The number of benzene rings is 2. The van der Waals surface area contributed by atoms with Gasteiger partial charge in [-0.2, -0.15) is 0 Å². The topological polar surface area (TPSA) is 46.2 Å². The van der Waals surface area contributed by atoms with Gasteiger partial charge in [-0.1, -0.05) is 36.4 Å². The molecule has 2 aliphatic carbocycles. The molecule has 0 amide bonds. The molecule has 2 aromatic carbocycles. The van der Waals surface area contributed by atoms with E-state index in [0.29, 0.717) is 37.3 Å². The maximum atomic E-state index is 7.38. The minimum Gasteiger partial charge on any atom is -0.454 e. The standard InChI is InChI=1S/C36H46O5/c1-23(2)27-7-11-29(12-8-27)33(17-25-5-15-31-35(19-25)39-21-37-31)41-34(30-13-9-28(10-14-30)24(3)4)18-26-6-16-32-36(20-26)40-22-38-32/h5-6,15-16,19-20,27-30,33-34H,1,3,7-14,17-18,21-22H2,2,4H3. The van der Waals surface area contributed by atoms with E-state index in [1.54, 1.807) is 0 Å². The van der Waals surface area contributed by atoms with Gasteiger partial charge in [0, 0.05) is 0 Å². The van der Waals surface area contributed by atoms with Crippen molar-refractivity contribution in [2.24, 2.45) is 23.7 Å². The molecule has 2 unspecified atom stereocenters. The molecule has 6 rings (SSSR count). The summed E-state index contributed by atoms with van der Waals surface area (Å²) in [5.41, 5.74) is 5.17. The summed E-state index contributed by atoms with van der Waals surface area (Å²) >= 11 is 0. The maximum absolute atomic E-state index is 7.38. The second-order valence-electron chi connectivity index (χ2n) is 12.9. The molecule has 0 radical (unpaired) electrons. The molecule has 0 spiro atoms. The lowest BCUT2D eigenvalue weighted by Crippen LogP contribution is -2.39. The van der Waals surface area contributed by atoms with E-state index in [4.69, 9.17) is 23.7 Å². The lowest BCUT2D eigenvalue weighted by Gasteiger charge is -2.40. The van der Waals surface area contributed by atoms with Crippen molar-refractivity contribution in [3.05, 3.63) is 71.8 Å². The largest absolute Gasteiger partial charge is 0.454 e. The molecule has 2 heterocycles. The molecule has 220 valence electrons. The average Bonchev–Trinajstić information content (AvgIpc) is 3.65. The molecular formula is C36H46O5. The summed E-state index contributed by atoms with van der Waals surface area (Å²) in [5, 5.41) is 0. The lowest BCUT2D eigenvalue weighted by molar-refractivity contribution is -0.0829. The molecule has 5 heteroatoms. The highest BCUT2D eigenvalue weighted by molar-refractivity contribution is 5.45. The fourth-order valence-corrected chi connectivity index (χ4v) is 7.44. The van der Waals surface area contributed by atoms with Gasteiger partial charge in [-0.05, 0) is 137 Å². The van der Waals surface area contributed by atoms with Gasteiger partial charge in [0.05, 0.1) is 12.2 Å². The van der Waals surface area contributed by atoms with E-state index in [0.717, 1.165) is 35.8 Å². The summed E-state index contributed by atoms with van der Waals surface area (Å²) in [6.07, 6.45) is 11.6. The third-order valence-electron chi connectivity index (χ3n) is 10.1. The van der Waals surface area contributed by atoms with Crippen LogP contribution in [0.25, 0.3) is 0 Å². The van der Waals surface area contributed by atoms with Gasteiger partial charge in [0.25, 0.3) is 0 Å². The Morgan fingerprint density at radius 2 is 1.02 bits per heavy atom. The lowest BCUT2D eigenvalue weighted by atomic mass is 9.74. The number of fused-ring (bicyclic) bond motifs is 2. The van der Waals surface area contributed by atoms with Crippen LogP contribution in [0.1, 0.15) is 76.3 Å². The molecule has 2 atom stereocenters. The van der Waals surface area contributed by atoms with Gasteiger partial charge in [-0.15, -0.1) is 0 Å². The Morgan fingerprint density at radius 3 is 1.41 bits per heavy atom. The first-order valence-corrected chi connectivity index (χ1v) is 15.7. The van der Waals surface area contributed by atoms with E-state index in [1.165, 1.54) is 73.6 Å². The minimum absolute atomic E-state index is 0.152. The first-order chi connectivity index (χ1) is 19.9. The van der Waals surface area contributed by atoms with Crippen LogP contribution in [0.3, 0.4) is 0 Å². The molecule has 4 aliphatic rings. The van der Waals surface area contributed by atoms with E-state index in [2.05, 4.69) is 63.4 Å². The third kappa shape index (κ3) is 6.61. The number of hydrogen-bond donors (Lipinski definition) is 0. The van der Waals surface area contributed by atoms with Crippen LogP contribution in [0, 0.1) is 23.7 Å². The summed E-state index contributed by atoms with van der Waals surface area (Å²) in [7, 11) is 0. The Morgan fingerprint density at radius 1 is 0.634 bits per heavy atom.